The SMILES string of the molecule is N=CC1CCC(OP(N)OC2CCC(CN)CC2)CC1. The largest absolute Gasteiger partial charge is 0.330 e. The summed E-state index contributed by atoms with van der Waals surface area (Å²) in [5.41, 5.74) is 11.7. The van der Waals surface area contributed by atoms with Crippen molar-refractivity contribution in [2.75, 3.05) is 6.54 Å². The Morgan fingerprint density at radius 1 is 0.950 bits per heavy atom. The van der Waals surface area contributed by atoms with E-state index >= 15 is 0 Å². The third kappa shape index (κ3) is 5.05. The zero-order valence-corrected chi connectivity index (χ0v) is 13.1. The molecule has 5 nitrogen and oxygen atoms in total. The first kappa shape index (κ1) is 16.3. The first-order valence-corrected chi connectivity index (χ1v) is 9.05. The minimum atomic E-state index is -1.25. The smallest absolute Gasteiger partial charge is 0.253 e. The van der Waals surface area contributed by atoms with Crippen molar-refractivity contribution in [2.24, 2.45) is 23.1 Å². The van der Waals surface area contributed by atoms with Gasteiger partial charge in [0, 0.05) is 0 Å². The zero-order valence-electron chi connectivity index (χ0n) is 12.2. The normalized spacial score (nSPS) is 36.5. The summed E-state index contributed by atoms with van der Waals surface area (Å²) >= 11 is 0. The standard InChI is InChI=1S/C14H28N3O2P/c15-9-11-1-5-13(6-2-11)18-20(17)19-14-7-3-12(10-16)4-8-14/h9,11-15H,1-8,10,16-17H2. The van der Waals surface area contributed by atoms with E-state index in [1.807, 2.05) is 0 Å². The van der Waals surface area contributed by atoms with E-state index in [2.05, 4.69) is 0 Å². The van der Waals surface area contributed by atoms with Gasteiger partial charge in [0.05, 0.1) is 12.2 Å². The van der Waals surface area contributed by atoms with Crippen molar-refractivity contribution in [1.29, 1.82) is 5.41 Å². The molecular weight excluding hydrogens is 273 g/mol. The quantitative estimate of drug-likeness (QED) is 0.519. The molecule has 2 aliphatic carbocycles. The van der Waals surface area contributed by atoms with Crippen molar-refractivity contribution in [1.82, 2.24) is 0 Å². The monoisotopic (exact) mass is 301 g/mol. The van der Waals surface area contributed by atoms with Crippen LogP contribution in [0.4, 0.5) is 0 Å². The lowest BCUT2D eigenvalue weighted by atomic mass is 9.88. The van der Waals surface area contributed by atoms with Crippen LogP contribution in [0.1, 0.15) is 51.4 Å². The minimum absolute atomic E-state index is 0.225. The third-order valence-electron chi connectivity index (χ3n) is 4.59. The zero-order chi connectivity index (χ0) is 14.4. The van der Waals surface area contributed by atoms with Crippen LogP contribution in [0.5, 0.6) is 0 Å². The molecule has 0 aromatic heterocycles. The van der Waals surface area contributed by atoms with E-state index in [4.69, 9.17) is 25.7 Å². The van der Waals surface area contributed by atoms with Crippen LogP contribution in [0.3, 0.4) is 0 Å². The van der Waals surface area contributed by atoms with Crippen LogP contribution in [0.2, 0.25) is 0 Å². The van der Waals surface area contributed by atoms with Crippen LogP contribution in [-0.2, 0) is 9.05 Å². The van der Waals surface area contributed by atoms with Crippen molar-refractivity contribution in [3.63, 3.8) is 0 Å². The highest BCUT2D eigenvalue weighted by Gasteiger charge is 2.26. The molecule has 0 aliphatic heterocycles. The lowest BCUT2D eigenvalue weighted by Crippen LogP contribution is -2.27. The molecule has 0 bridgehead atoms. The summed E-state index contributed by atoms with van der Waals surface area (Å²) in [4.78, 5) is 0. The van der Waals surface area contributed by atoms with E-state index in [1.165, 1.54) is 0 Å². The Labute approximate surface area is 123 Å². The van der Waals surface area contributed by atoms with Gasteiger partial charge in [0.1, 0.15) is 0 Å². The van der Waals surface area contributed by atoms with Crippen molar-refractivity contribution < 1.29 is 9.05 Å². The molecule has 0 aromatic carbocycles. The van der Waals surface area contributed by atoms with Gasteiger partial charge in [0.15, 0.2) is 0 Å². The molecule has 0 spiro atoms. The predicted octanol–water partition coefficient (Wildman–Crippen LogP) is 2.93. The minimum Gasteiger partial charge on any atom is -0.330 e. The van der Waals surface area contributed by atoms with Gasteiger partial charge >= 0.3 is 0 Å². The van der Waals surface area contributed by atoms with Crippen LogP contribution >= 0.6 is 8.53 Å². The van der Waals surface area contributed by atoms with Gasteiger partial charge < -0.3 is 20.2 Å². The van der Waals surface area contributed by atoms with Crippen LogP contribution in [0.15, 0.2) is 0 Å². The Balaban J connectivity index is 1.63. The summed E-state index contributed by atoms with van der Waals surface area (Å²) in [6.07, 6.45) is 10.5. The molecule has 20 heavy (non-hydrogen) atoms. The summed E-state index contributed by atoms with van der Waals surface area (Å²) in [6.45, 7) is 0.789. The maximum absolute atomic E-state index is 7.29. The molecule has 116 valence electrons. The van der Waals surface area contributed by atoms with Crippen LogP contribution < -0.4 is 11.2 Å². The van der Waals surface area contributed by atoms with Crippen molar-refractivity contribution in [3.8, 4) is 0 Å². The highest BCUT2D eigenvalue weighted by atomic mass is 31.2. The molecule has 0 radical (unpaired) electrons. The summed E-state index contributed by atoms with van der Waals surface area (Å²) in [5.74, 6) is 1.10. The molecule has 2 aliphatic rings. The van der Waals surface area contributed by atoms with E-state index in [0.29, 0.717) is 11.8 Å². The Hall–Kier alpha value is -0.0600. The second kappa shape index (κ2) is 8.40. The number of hydrogen-bond donors (Lipinski definition) is 3. The second-order valence-corrected chi connectivity index (χ2v) is 7.07. The fourth-order valence-corrected chi connectivity index (χ4v) is 4.21. The van der Waals surface area contributed by atoms with Crippen molar-refractivity contribution in [2.45, 2.75) is 63.6 Å². The fourth-order valence-electron chi connectivity index (χ4n) is 3.15. The molecule has 5 N–H and O–H groups in total. The van der Waals surface area contributed by atoms with E-state index in [0.717, 1.165) is 57.9 Å². The summed E-state index contributed by atoms with van der Waals surface area (Å²) in [5, 5.41) is 7.29. The van der Waals surface area contributed by atoms with Gasteiger partial charge in [-0.1, -0.05) is 0 Å². The number of hydrogen-bond acceptors (Lipinski definition) is 5. The Kier molecular flexibility index (Phi) is 6.85. The Morgan fingerprint density at radius 3 is 1.90 bits per heavy atom. The molecule has 2 fully saturated rings. The van der Waals surface area contributed by atoms with Gasteiger partial charge in [-0.3, -0.25) is 5.50 Å². The molecule has 0 aromatic rings. The molecular formula is C14H28N3O2P. The van der Waals surface area contributed by atoms with Gasteiger partial charge in [-0.2, -0.15) is 0 Å². The Morgan fingerprint density at radius 2 is 1.45 bits per heavy atom. The number of rotatable bonds is 6. The van der Waals surface area contributed by atoms with Gasteiger partial charge in [-0.05, 0) is 76.0 Å². The molecule has 0 heterocycles. The molecule has 0 saturated heterocycles. The van der Waals surface area contributed by atoms with Gasteiger partial charge in [0.25, 0.3) is 8.53 Å². The number of nitrogens with two attached hydrogens (primary N) is 2. The highest BCUT2D eigenvalue weighted by Crippen LogP contribution is 2.40. The first-order valence-electron chi connectivity index (χ1n) is 7.80. The Bertz CT molecular complexity index is 290. The third-order valence-corrected chi connectivity index (χ3v) is 5.60. The van der Waals surface area contributed by atoms with Crippen molar-refractivity contribution in [3.05, 3.63) is 0 Å². The van der Waals surface area contributed by atoms with Gasteiger partial charge in [0.2, 0.25) is 0 Å². The second-order valence-electron chi connectivity index (χ2n) is 6.08. The predicted molar refractivity (Wildman–Crippen MR) is 82.6 cm³/mol. The summed E-state index contributed by atoms with van der Waals surface area (Å²) in [7, 11) is -1.25. The maximum Gasteiger partial charge on any atom is 0.253 e. The lowest BCUT2D eigenvalue weighted by molar-refractivity contribution is 0.0909. The van der Waals surface area contributed by atoms with E-state index in [9.17, 15) is 0 Å². The maximum atomic E-state index is 7.29. The topological polar surface area (TPSA) is 94.3 Å². The van der Waals surface area contributed by atoms with E-state index in [-0.39, 0.29) is 12.2 Å². The summed E-state index contributed by atoms with van der Waals surface area (Å²) < 4.78 is 11.7. The first-order chi connectivity index (χ1) is 9.71. The molecule has 2 saturated carbocycles. The fraction of sp³-hybridized carbons (Fsp3) is 0.929. The molecule has 0 amide bonds. The highest BCUT2D eigenvalue weighted by molar-refractivity contribution is 7.44. The molecule has 6 heteroatoms. The molecule has 1 atom stereocenters. The van der Waals surface area contributed by atoms with E-state index in [1.54, 1.807) is 6.21 Å². The molecule has 2 rings (SSSR count). The van der Waals surface area contributed by atoms with Crippen LogP contribution in [0.25, 0.3) is 0 Å². The van der Waals surface area contributed by atoms with Crippen molar-refractivity contribution >= 4 is 14.7 Å². The lowest BCUT2D eigenvalue weighted by Gasteiger charge is -2.31. The average Bonchev–Trinajstić information content (AvgIpc) is 2.49. The van der Waals surface area contributed by atoms with Gasteiger partial charge in [-0.15, -0.1) is 0 Å². The van der Waals surface area contributed by atoms with E-state index < -0.39 is 8.53 Å². The van der Waals surface area contributed by atoms with Gasteiger partial charge in [-0.25, -0.2) is 0 Å². The van der Waals surface area contributed by atoms with Crippen LogP contribution in [-0.4, -0.2) is 25.0 Å². The van der Waals surface area contributed by atoms with Crippen LogP contribution in [0, 0.1) is 17.2 Å². The number of nitrogens with one attached hydrogen (secondary N) is 1. The summed E-state index contributed by atoms with van der Waals surface area (Å²) in [6, 6.07) is 0. The average molecular weight is 301 g/mol. The molecule has 1 unspecified atom stereocenters.